The first kappa shape index (κ1) is 42.9. The molecule has 0 fully saturated rings. The predicted octanol–water partition coefficient (Wildman–Crippen LogP) is 7.99. The van der Waals surface area contributed by atoms with E-state index in [1.807, 2.05) is 13.8 Å². The van der Waals surface area contributed by atoms with Crippen LogP contribution in [0.15, 0.2) is 11.1 Å². The van der Waals surface area contributed by atoms with E-state index in [2.05, 4.69) is 67.2 Å². The van der Waals surface area contributed by atoms with Crippen molar-refractivity contribution in [2.45, 2.75) is 98.9 Å². The zero-order valence-corrected chi connectivity index (χ0v) is 12.5. The van der Waals surface area contributed by atoms with Gasteiger partial charge in [-0.25, -0.2) is 0 Å². The van der Waals surface area contributed by atoms with E-state index in [4.69, 9.17) is 0 Å². The van der Waals surface area contributed by atoms with Crippen molar-refractivity contribution in [1.29, 1.82) is 0 Å². The summed E-state index contributed by atoms with van der Waals surface area (Å²) in [6.07, 6.45) is 0. The van der Waals surface area contributed by atoms with Crippen LogP contribution in [0.25, 0.3) is 0 Å². The molecule has 0 nitrogen and oxygen atoms in total. The Bertz CT molecular complexity index is 183. The van der Waals surface area contributed by atoms with Gasteiger partial charge in [0.05, 0.1) is 0 Å². The lowest BCUT2D eigenvalue weighted by Gasteiger charge is -2.05. The molecule has 0 saturated carbocycles. The van der Waals surface area contributed by atoms with Gasteiger partial charge in [0.1, 0.15) is 0 Å². The Kier molecular flexibility index (Phi) is 58.7. The minimum atomic E-state index is 0. The standard InChI is InChI=1S/C6H12.C5H12.C4H6.4CH4/c1-5(2)6(3)4;1-5(2,3)4;1-3-4-2;;;;/h1-4H3;1-4H3;1-2H3;4*1H4. The van der Waals surface area contributed by atoms with Crippen LogP contribution in [-0.2, 0) is 0 Å². The largest absolute Gasteiger partial charge is 0.107 e. The number of rotatable bonds is 0. The molecular weight excluding hydrogens is 228 g/mol. The van der Waals surface area contributed by atoms with Crippen LogP contribution in [0.1, 0.15) is 98.9 Å². The molecule has 0 bridgehead atoms. The number of hydrogen-bond acceptors (Lipinski definition) is 0. The van der Waals surface area contributed by atoms with Gasteiger partial charge in [-0.2, -0.15) is 0 Å². The molecule has 0 aliphatic carbocycles. The molecule has 19 heavy (non-hydrogen) atoms. The smallest absolute Gasteiger partial charge is 0.00271 e. The maximum Gasteiger partial charge on any atom is -0.00271 e. The summed E-state index contributed by atoms with van der Waals surface area (Å²) in [5.74, 6) is 5.36. The van der Waals surface area contributed by atoms with Crippen molar-refractivity contribution in [3.05, 3.63) is 11.1 Å². The number of allylic oxidation sites excluding steroid dienone is 2. The van der Waals surface area contributed by atoms with Crippen molar-refractivity contribution < 1.29 is 0 Å². The van der Waals surface area contributed by atoms with E-state index in [9.17, 15) is 0 Å². The van der Waals surface area contributed by atoms with Crippen LogP contribution in [0.2, 0.25) is 0 Å². The number of hydrogen-bond donors (Lipinski definition) is 0. The third-order valence-corrected chi connectivity index (χ3v) is 1.25. The summed E-state index contributed by atoms with van der Waals surface area (Å²) < 4.78 is 0. The van der Waals surface area contributed by atoms with Gasteiger partial charge >= 0.3 is 0 Å². The molecule has 0 atom stereocenters. The summed E-state index contributed by atoms with van der Waals surface area (Å²) in [6, 6.07) is 0. The summed E-state index contributed by atoms with van der Waals surface area (Å²) in [7, 11) is 0. The second-order valence-corrected chi connectivity index (χ2v) is 5.50. The van der Waals surface area contributed by atoms with Crippen LogP contribution < -0.4 is 0 Å². The quantitative estimate of drug-likeness (QED) is 0.310. The van der Waals surface area contributed by atoms with Gasteiger partial charge in [0.15, 0.2) is 0 Å². The lowest BCUT2D eigenvalue weighted by molar-refractivity contribution is 0.469. The Morgan fingerprint density at radius 1 is 0.579 bits per heavy atom. The Morgan fingerprint density at radius 3 is 0.684 bits per heavy atom. The van der Waals surface area contributed by atoms with Crippen molar-refractivity contribution in [2.75, 3.05) is 0 Å². The van der Waals surface area contributed by atoms with Gasteiger partial charge in [-0.1, -0.05) is 68.5 Å². The molecule has 0 aliphatic rings. The average molecular weight is 275 g/mol. The zero-order valence-electron chi connectivity index (χ0n) is 12.5. The summed E-state index contributed by atoms with van der Waals surface area (Å²) in [5.41, 5.74) is 3.35. The maximum atomic E-state index is 2.68. The molecular formula is C19H46. The fourth-order valence-electron chi connectivity index (χ4n) is 0. The molecule has 0 aromatic rings. The van der Waals surface area contributed by atoms with E-state index >= 15 is 0 Å². The third-order valence-electron chi connectivity index (χ3n) is 1.25. The zero-order chi connectivity index (χ0) is 13.1. The van der Waals surface area contributed by atoms with Crippen molar-refractivity contribution in [2.24, 2.45) is 5.41 Å². The van der Waals surface area contributed by atoms with Gasteiger partial charge in [0.2, 0.25) is 0 Å². The molecule has 0 heteroatoms. The van der Waals surface area contributed by atoms with Crippen LogP contribution >= 0.6 is 0 Å². The van der Waals surface area contributed by atoms with E-state index in [0.717, 1.165) is 0 Å². The van der Waals surface area contributed by atoms with Gasteiger partial charge in [-0.3, -0.25) is 0 Å². The molecule has 0 spiro atoms. The lowest BCUT2D eigenvalue weighted by atomic mass is 10.0. The van der Waals surface area contributed by atoms with E-state index in [1.54, 1.807) is 0 Å². The Hall–Kier alpha value is -0.700. The highest BCUT2D eigenvalue weighted by atomic mass is 14.0. The first-order valence-electron chi connectivity index (χ1n) is 5.50. The first-order valence-corrected chi connectivity index (χ1v) is 5.50. The summed E-state index contributed by atoms with van der Waals surface area (Å²) >= 11 is 0. The van der Waals surface area contributed by atoms with Crippen LogP contribution in [-0.4, -0.2) is 0 Å². The molecule has 0 aromatic carbocycles. The van der Waals surface area contributed by atoms with E-state index in [0.29, 0.717) is 5.41 Å². The van der Waals surface area contributed by atoms with Gasteiger partial charge in [0, 0.05) is 0 Å². The normalized spacial score (nSPS) is 6.42. The fourth-order valence-corrected chi connectivity index (χ4v) is 0. The van der Waals surface area contributed by atoms with Gasteiger partial charge in [-0.05, 0) is 47.0 Å². The third kappa shape index (κ3) is 219. The molecule has 0 amide bonds. The van der Waals surface area contributed by atoms with Crippen LogP contribution in [0.5, 0.6) is 0 Å². The van der Waals surface area contributed by atoms with Crippen LogP contribution in [0, 0.1) is 17.3 Å². The fraction of sp³-hybridized carbons (Fsp3) is 0.789. The highest BCUT2D eigenvalue weighted by Crippen LogP contribution is 2.08. The van der Waals surface area contributed by atoms with Crippen molar-refractivity contribution in [3.63, 3.8) is 0 Å². The molecule has 0 N–H and O–H groups in total. The van der Waals surface area contributed by atoms with E-state index in [-0.39, 0.29) is 29.7 Å². The van der Waals surface area contributed by atoms with E-state index < -0.39 is 0 Å². The van der Waals surface area contributed by atoms with E-state index in [1.165, 1.54) is 11.1 Å². The maximum absolute atomic E-state index is 2.68. The van der Waals surface area contributed by atoms with Gasteiger partial charge in [0.25, 0.3) is 0 Å². The molecule has 0 saturated heterocycles. The molecule has 0 aliphatic heterocycles. The predicted molar refractivity (Wildman–Crippen MR) is 101 cm³/mol. The van der Waals surface area contributed by atoms with Gasteiger partial charge in [-0.15, -0.1) is 11.8 Å². The molecule has 0 unspecified atom stereocenters. The molecule has 0 radical (unpaired) electrons. The average Bonchev–Trinajstić information content (AvgIpc) is 2.01. The van der Waals surface area contributed by atoms with Crippen molar-refractivity contribution >= 4 is 0 Å². The highest BCUT2D eigenvalue weighted by molar-refractivity contribution is 5.02. The summed E-state index contributed by atoms with van der Waals surface area (Å²) in [6.45, 7) is 20.9. The Morgan fingerprint density at radius 2 is 0.684 bits per heavy atom. The lowest BCUT2D eigenvalue weighted by Crippen LogP contribution is -1.93. The minimum Gasteiger partial charge on any atom is -0.107 e. The topological polar surface area (TPSA) is 0 Å². The molecule has 0 rings (SSSR count). The second-order valence-electron chi connectivity index (χ2n) is 5.50. The molecule has 0 aromatic heterocycles. The highest BCUT2D eigenvalue weighted by Gasteiger charge is 1.95. The SMILES string of the molecule is C.C.C.C.CC#CC.CC(C)(C)C.CC(C)=C(C)C. The minimum absolute atomic E-state index is 0. The van der Waals surface area contributed by atoms with Crippen LogP contribution in [0.3, 0.4) is 0 Å². The monoisotopic (exact) mass is 274 g/mol. The van der Waals surface area contributed by atoms with Crippen molar-refractivity contribution in [1.82, 2.24) is 0 Å². The summed E-state index contributed by atoms with van der Waals surface area (Å²) in [4.78, 5) is 0. The molecule has 122 valence electrons. The molecule has 0 heterocycles. The second kappa shape index (κ2) is 26.0. The van der Waals surface area contributed by atoms with Crippen molar-refractivity contribution in [3.8, 4) is 11.8 Å². The Labute approximate surface area is 128 Å². The van der Waals surface area contributed by atoms with Gasteiger partial charge < -0.3 is 0 Å². The van der Waals surface area contributed by atoms with Crippen LogP contribution in [0.4, 0.5) is 0 Å². The first-order chi connectivity index (χ1) is 6.56. The summed E-state index contributed by atoms with van der Waals surface area (Å²) in [5, 5.41) is 0. The Balaban J connectivity index is -0.0000000209.